The lowest BCUT2D eigenvalue weighted by Crippen LogP contribution is -2.17. The summed E-state index contributed by atoms with van der Waals surface area (Å²) in [4.78, 5) is 2.21. The van der Waals surface area contributed by atoms with Crippen molar-refractivity contribution in [2.24, 2.45) is 0 Å². The SMILES string of the molecule is CCCNCc1cc(CN(C)Cc2cccc(Br)c2)on1. The third-order valence-corrected chi connectivity index (χ3v) is 3.60. The van der Waals surface area contributed by atoms with E-state index in [0.29, 0.717) is 0 Å². The summed E-state index contributed by atoms with van der Waals surface area (Å²) in [6.45, 7) is 5.56. The smallest absolute Gasteiger partial charge is 0.151 e. The van der Waals surface area contributed by atoms with Crippen LogP contribution in [0.25, 0.3) is 0 Å². The molecule has 0 bridgehead atoms. The fourth-order valence-electron chi connectivity index (χ4n) is 2.18. The monoisotopic (exact) mass is 351 g/mol. The van der Waals surface area contributed by atoms with Crippen LogP contribution in [-0.4, -0.2) is 23.6 Å². The van der Waals surface area contributed by atoms with Crippen molar-refractivity contribution in [1.82, 2.24) is 15.4 Å². The van der Waals surface area contributed by atoms with Gasteiger partial charge in [0.2, 0.25) is 0 Å². The van der Waals surface area contributed by atoms with E-state index in [9.17, 15) is 0 Å². The van der Waals surface area contributed by atoms with Crippen LogP contribution in [0, 0.1) is 0 Å². The van der Waals surface area contributed by atoms with Crippen molar-refractivity contribution >= 4 is 15.9 Å². The quantitative estimate of drug-likeness (QED) is 0.738. The van der Waals surface area contributed by atoms with Crippen molar-refractivity contribution in [2.45, 2.75) is 33.0 Å². The highest BCUT2D eigenvalue weighted by Gasteiger charge is 2.08. The van der Waals surface area contributed by atoms with Crippen molar-refractivity contribution in [1.29, 1.82) is 0 Å². The number of nitrogens with one attached hydrogen (secondary N) is 1. The summed E-state index contributed by atoms with van der Waals surface area (Å²) in [6.07, 6.45) is 1.13. The molecular weight excluding hydrogens is 330 g/mol. The van der Waals surface area contributed by atoms with Gasteiger partial charge in [-0.3, -0.25) is 4.90 Å². The molecule has 2 rings (SSSR count). The molecule has 0 radical (unpaired) electrons. The second-order valence-electron chi connectivity index (χ2n) is 5.26. The number of hydrogen-bond acceptors (Lipinski definition) is 4. The molecule has 0 amide bonds. The molecule has 4 nitrogen and oxygen atoms in total. The summed E-state index contributed by atoms with van der Waals surface area (Å²) in [5.74, 6) is 0.904. The van der Waals surface area contributed by atoms with Crippen molar-refractivity contribution in [3.05, 3.63) is 51.8 Å². The molecule has 0 fully saturated rings. The first-order valence-corrected chi connectivity index (χ1v) is 8.05. The Bertz CT molecular complexity index is 556. The zero-order valence-electron chi connectivity index (χ0n) is 12.6. The van der Waals surface area contributed by atoms with E-state index in [4.69, 9.17) is 4.52 Å². The molecular formula is C16H22BrN3O. The Labute approximate surface area is 134 Å². The van der Waals surface area contributed by atoms with Crippen LogP contribution >= 0.6 is 15.9 Å². The van der Waals surface area contributed by atoms with Crippen LogP contribution < -0.4 is 5.32 Å². The zero-order chi connectivity index (χ0) is 15.1. The predicted octanol–water partition coefficient (Wildman–Crippen LogP) is 3.57. The summed E-state index contributed by atoms with van der Waals surface area (Å²) in [6, 6.07) is 10.4. The van der Waals surface area contributed by atoms with Gasteiger partial charge in [-0.15, -0.1) is 0 Å². The lowest BCUT2D eigenvalue weighted by molar-refractivity contribution is 0.265. The van der Waals surface area contributed by atoms with Gasteiger partial charge in [-0.25, -0.2) is 0 Å². The molecule has 1 aromatic heterocycles. The van der Waals surface area contributed by atoms with Crippen molar-refractivity contribution < 1.29 is 4.52 Å². The maximum Gasteiger partial charge on any atom is 0.151 e. The third kappa shape index (κ3) is 5.61. The Kier molecular flexibility index (Phi) is 6.42. The Morgan fingerprint density at radius 1 is 1.29 bits per heavy atom. The van der Waals surface area contributed by atoms with Gasteiger partial charge >= 0.3 is 0 Å². The average molecular weight is 352 g/mol. The van der Waals surface area contributed by atoms with Crippen LogP contribution in [0.4, 0.5) is 0 Å². The Morgan fingerprint density at radius 2 is 2.14 bits per heavy atom. The van der Waals surface area contributed by atoms with Crippen LogP contribution in [0.5, 0.6) is 0 Å². The van der Waals surface area contributed by atoms with E-state index in [1.54, 1.807) is 0 Å². The molecule has 0 spiro atoms. The first-order chi connectivity index (χ1) is 10.2. The largest absolute Gasteiger partial charge is 0.360 e. The van der Waals surface area contributed by atoms with Gasteiger partial charge < -0.3 is 9.84 Å². The van der Waals surface area contributed by atoms with Crippen molar-refractivity contribution in [3.63, 3.8) is 0 Å². The van der Waals surface area contributed by atoms with E-state index in [-0.39, 0.29) is 0 Å². The molecule has 0 saturated heterocycles. The molecule has 1 heterocycles. The number of aromatic nitrogens is 1. The van der Waals surface area contributed by atoms with Gasteiger partial charge in [0.1, 0.15) is 0 Å². The van der Waals surface area contributed by atoms with Crippen molar-refractivity contribution in [3.8, 4) is 0 Å². The van der Waals surface area contributed by atoms with Crippen LogP contribution in [0.1, 0.15) is 30.4 Å². The van der Waals surface area contributed by atoms with Crippen LogP contribution in [0.3, 0.4) is 0 Å². The molecule has 1 N–H and O–H groups in total. The van der Waals surface area contributed by atoms with E-state index in [0.717, 1.165) is 48.5 Å². The van der Waals surface area contributed by atoms with Gasteiger partial charge in [0, 0.05) is 23.6 Å². The van der Waals surface area contributed by atoms with Crippen LogP contribution in [0.15, 0.2) is 39.3 Å². The molecule has 0 aliphatic heterocycles. The fraction of sp³-hybridized carbons (Fsp3) is 0.438. The fourth-order valence-corrected chi connectivity index (χ4v) is 2.62. The number of hydrogen-bond donors (Lipinski definition) is 1. The average Bonchev–Trinajstić information content (AvgIpc) is 2.86. The second-order valence-corrected chi connectivity index (χ2v) is 6.18. The lowest BCUT2D eigenvalue weighted by Gasteiger charge is -2.14. The molecule has 0 atom stereocenters. The maximum atomic E-state index is 5.39. The lowest BCUT2D eigenvalue weighted by atomic mass is 10.2. The number of halogens is 1. The van der Waals surface area contributed by atoms with Gasteiger partial charge in [0.05, 0.1) is 12.2 Å². The van der Waals surface area contributed by atoms with E-state index in [2.05, 4.69) is 63.5 Å². The number of rotatable bonds is 8. The van der Waals surface area contributed by atoms with Gasteiger partial charge in [0.25, 0.3) is 0 Å². The second kappa shape index (κ2) is 8.32. The Morgan fingerprint density at radius 3 is 2.90 bits per heavy atom. The van der Waals surface area contributed by atoms with E-state index >= 15 is 0 Å². The molecule has 1 aromatic carbocycles. The summed E-state index contributed by atoms with van der Waals surface area (Å²) in [5, 5.41) is 7.41. The zero-order valence-corrected chi connectivity index (χ0v) is 14.2. The van der Waals surface area contributed by atoms with Gasteiger partial charge in [-0.05, 0) is 37.7 Å². The minimum atomic E-state index is 0.757. The summed E-state index contributed by atoms with van der Waals surface area (Å²) >= 11 is 3.50. The minimum Gasteiger partial charge on any atom is -0.360 e. The molecule has 0 unspecified atom stereocenters. The molecule has 21 heavy (non-hydrogen) atoms. The van der Waals surface area contributed by atoms with E-state index < -0.39 is 0 Å². The van der Waals surface area contributed by atoms with Crippen molar-refractivity contribution in [2.75, 3.05) is 13.6 Å². The van der Waals surface area contributed by atoms with Gasteiger partial charge in [0.15, 0.2) is 5.76 Å². The molecule has 5 heteroatoms. The summed E-state index contributed by atoms with van der Waals surface area (Å²) in [7, 11) is 2.08. The summed E-state index contributed by atoms with van der Waals surface area (Å²) < 4.78 is 6.50. The first-order valence-electron chi connectivity index (χ1n) is 7.25. The van der Waals surface area contributed by atoms with Gasteiger partial charge in [-0.2, -0.15) is 0 Å². The van der Waals surface area contributed by atoms with Gasteiger partial charge in [-0.1, -0.05) is 40.1 Å². The normalized spacial score (nSPS) is 11.2. The van der Waals surface area contributed by atoms with Crippen LogP contribution in [0.2, 0.25) is 0 Å². The predicted molar refractivity (Wildman–Crippen MR) is 87.8 cm³/mol. The summed E-state index contributed by atoms with van der Waals surface area (Å²) in [5.41, 5.74) is 2.24. The maximum absolute atomic E-state index is 5.39. The molecule has 0 saturated carbocycles. The highest BCUT2D eigenvalue weighted by molar-refractivity contribution is 9.10. The molecule has 2 aromatic rings. The number of nitrogens with zero attached hydrogens (tertiary/aromatic N) is 2. The Hall–Kier alpha value is -1.17. The minimum absolute atomic E-state index is 0.757. The topological polar surface area (TPSA) is 41.3 Å². The molecule has 0 aliphatic carbocycles. The highest BCUT2D eigenvalue weighted by Crippen LogP contribution is 2.14. The standard InChI is InChI=1S/C16H22BrN3O/c1-3-7-18-10-15-9-16(21-19-15)12-20(2)11-13-5-4-6-14(17)8-13/h4-6,8-9,18H,3,7,10-12H2,1-2H3. The Balaban J connectivity index is 1.83. The van der Waals surface area contributed by atoms with E-state index in [1.807, 2.05) is 12.1 Å². The first kappa shape index (κ1) is 16.2. The van der Waals surface area contributed by atoms with E-state index in [1.165, 1.54) is 5.56 Å². The molecule has 0 aliphatic rings. The third-order valence-electron chi connectivity index (χ3n) is 3.11. The highest BCUT2D eigenvalue weighted by atomic mass is 79.9. The van der Waals surface area contributed by atoms with Crippen LogP contribution in [-0.2, 0) is 19.6 Å². The number of benzene rings is 1. The molecule has 114 valence electrons.